The Labute approximate surface area is 103 Å². The summed E-state index contributed by atoms with van der Waals surface area (Å²) in [7, 11) is 1.35. The summed E-state index contributed by atoms with van der Waals surface area (Å²) < 4.78 is 4.58. The molecule has 1 saturated heterocycles. The number of amides is 1. The number of rotatable bonds is 4. The number of thiophene rings is 1. The lowest BCUT2D eigenvalue weighted by molar-refractivity contribution is -0.141. The first kappa shape index (κ1) is 12.1. The first-order chi connectivity index (χ1) is 8.22. The van der Waals surface area contributed by atoms with Crippen molar-refractivity contribution in [1.29, 1.82) is 0 Å². The zero-order chi connectivity index (χ0) is 12.3. The van der Waals surface area contributed by atoms with Gasteiger partial charge >= 0.3 is 5.97 Å². The highest BCUT2D eigenvalue weighted by Gasteiger charge is 2.32. The molecule has 0 bridgehead atoms. The predicted molar refractivity (Wildman–Crippen MR) is 63.4 cm³/mol. The average Bonchev–Trinajstić information content (AvgIpc) is 2.95. The second-order valence-corrected chi connectivity index (χ2v) is 4.69. The van der Waals surface area contributed by atoms with Gasteiger partial charge in [-0.05, 0) is 11.4 Å². The number of nitrogens with zero attached hydrogens (tertiary/aromatic N) is 1. The van der Waals surface area contributed by atoms with Crippen LogP contribution in [0.15, 0.2) is 17.5 Å². The maximum Gasteiger partial charge on any atom is 0.307 e. The molecule has 92 valence electrons. The van der Waals surface area contributed by atoms with E-state index in [0.29, 0.717) is 13.1 Å². The monoisotopic (exact) mass is 254 g/mol. The van der Waals surface area contributed by atoms with Crippen LogP contribution in [-0.4, -0.2) is 37.0 Å². The van der Waals surface area contributed by atoms with Gasteiger partial charge in [0.05, 0.1) is 20.1 Å². The molecule has 6 heteroatoms. The van der Waals surface area contributed by atoms with Gasteiger partial charge in [-0.25, -0.2) is 0 Å². The van der Waals surface area contributed by atoms with Crippen molar-refractivity contribution < 1.29 is 14.3 Å². The Bertz CT molecular complexity index is 405. The van der Waals surface area contributed by atoms with E-state index in [4.69, 9.17) is 0 Å². The summed E-state index contributed by atoms with van der Waals surface area (Å²) in [6, 6.07) is 3.93. The van der Waals surface area contributed by atoms with E-state index < -0.39 is 0 Å². The van der Waals surface area contributed by atoms with Crippen molar-refractivity contribution in [3.8, 4) is 0 Å². The standard InChI is InChI=1S/C11H14N2O3S/c1-16-10(15)4-5-13-9(14)7-12-11(13)8-3-2-6-17-8/h2-3,6,11-12H,4-5,7H2,1H3. The van der Waals surface area contributed by atoms with Gasteiger partial charge in [-0.1, -0.05) is 6.07 Å². The molecule has 0 aromatic carbocycles. The summed E-state index contributed by atoms with van der Waals surface area (Å²) in [5.41, 5.74) is 0. The molecule has 2 heterocycles. The van der Waals surface area contributed by atoms with E-state index in [9.17, 15) is 9.59 Å². The molecular weight excluding hydrogens is 240 g/mol. The number of esters is 1. The minimum absolute atomic E-state index is 0.0207. The predicted octanol–water partition coefficient (Wildman–Crippen LogP) is 0.742. The molecule has 1 atom stereocenters. The first-order valence-corrected chi connectivity index (χ1v) is 6.23. The van der Waals surface area contributed by atoms with Crippen LogP contribution in [0, 0.1) is 0 Å². The zero-order valence-corrected chi connectivity index (χ0v) is 10.3. The Balaban J connectivity index is 2.02. The number of hydrogen-bond acceptors (Lipinski definition) is 5. The minimum Gasteiger partial charge on any atom is -0.469 e. The SMILES string of the molecule is COC(=O)CCN1C(=O)CNC1c1cccs1. The van der Waals surface area contributed by atoms with Gasteiger partial charge in [-0.2, -0.15) is 0 Å². The lowest BCUT2D eigenvalue weighted by Crippen LogP contribution is -2.32. The van der Waals surface area contributed by atoms with Crippen LogP contribution in [0.3, 0.4) is 0 Å². The summed E-state index contributed by atoms with van der Waals surface area (Å²) in [5, 5.41) is 5.11. The molecule has 1 fully saturated rings. The molecule has 1 amide bonds. The Hall–Kier alpha value is -1.40. The quantitative estimate of drug-likeness (QED) is 0.805. The number of hydrogen-bond donors (Lipinski definition) is 1. The summed E-state index contributed by atoms with van der Waals surface area (Å²) >= 11 is 1.59. The third-order valence-corrected chi connectivity index (χ3v) is 3.60. The van der Waals surface area contributed by atoms with Crippen molar-refractivity contribution in [2.45, 2.75) is 12.6 Å². The molecule has 1 aliphatic rings. The van der Waals surface area contributed by atoms with Gasteiger partial charge in [0.25, 0.3) is 0 Å². The molecule has 1 aromatic heterocycles. The molecule has 0 spiro atoms. The van der Waals surface area contributed by atoms with E-state index in [2.05, 4.69) is 10.1 Å². The topological polar surface area (TPSA) is 58.6 Å². The largest absolute Gasteiger partial charge is 0.469 e. The van der Waals surface area contributed by atoms with Gasteiger partial charge in [0.15, 0.2) is 0 Å². The summed E-state index contributed by atoms with van der Waals surface area (Å²) in [6.45, 7) is 0.713. The van der Waals surface area contributed by atoms with Gasteiger partial charge < -0.3 is 9.64 Å². The first-order valence-electron chi connectivity index (χ1n) is 5.35. The highest BCUT2D eigenvalue weighted by Crippen LogP contribution is 2.26. The van der Waals surface area contributed by atoms with Gasteiger partial charge in [0.2, 0.25) is 5.91 Å². The molecule has 1 N–H and O–H groups in total. The smallest absolute Gasteiger partial charge is 0.307 e. The molecule has 2 rings (SSSR count). The molecule has 0 aliphatic carbocycles. The van der Waals surface area contributed by atoms with Crippen molar-refractivity contribution in [2.75, 3.05) is 20.2 Å². The Morgan fingerprint density at radius 3 is 3.18 bits per heavy atom. The number of ether oxygens (including phenoxy) is 1. The summed E-state index contributed by atoms with van der Waals surface area (Å²) in [4.78, 5) is 25.6. The van der Waals surface area contributed by atoms with Crippen LogP contribution in [-0.2, 0) is 14.3 Å². The van der Waals surface area contributed by atoms with E-state index >= 15 is 0 Å². The van der Waals surface area contributed by atoms with Crippen LogP contribution in [0.4, 0.5) is 0 Å². The third-order valence-electron chi connectivity index (χ3n) is 2.68. The van der Waals surface area contributed by atoms with Crippen molar-refractivity contribution in [3.63, 3.8) is 0 Å². The highest BCUT2D eigenvalue weighted by atomic mass is 32.1. The fraction of sp³-hybridized carbons (Fsp3) is 0.455. The van der Waals surface area contributed by atoms with Crippen LogP contribution < -0.4 is 5.32 Å². The minimum atomic E-state index is -0.297. The fourth-order valence-electron chi connectivity index (χ4n) is 1.81. The van der Waals surface area contributed by atoms with Crippen molar-refractivity contribution in [1.82, 2.24) is 10.2 Å². The number of carbonyl (C=O) groups is 2. The zero-order valence-electron chi connectivity index (χ0n) is 9.51. The summed E-state index contributed by atoms with van der Waals surface area (Å²) in [5.74, 6) is -0.276. The molecule has 17 heavy (non-hydrogen) atoms. The third kappa shape index (κ3) is 2.65. The normalized spacial score (nSPS) is 19.7. The summed E-state index contributed by atoms with van der Waals surface area (Å²) in [6.07, 6.45) is 0.123. The maximum absolute atomic E-state index is 11.7. The van der Waals surface area contributed by atoms with Gasteiger partial charge in [0.1, 0.15) is 6.17 Å². The molecular formula is C11H14N2O3S. The lowest BCUT2D eigenvalue weighted by Gasteiger charge is -2.22. The van der Waals surface area contributed by atoms with Crippen LogP contribution >= 0.6 is 11.3 Å². The Kier molecular flexibility index (Phi) is 3.75. The van der Waals surface area contributed by atoms with E-state index in [1.54, 1.807) is 16.2 Å². The fourth-order valence-corrected chi connectivity index (χ4v) is 2.62. The maximum atomic E-state index is 11.7. The number of carbonyl (C=O) groups excluding carboxylic acids is 2. The number of nitrogens with one attached hydrogen (secondary N) is 1. The van der Waals surface area contributed by atoms with Crippen LogP contribution in [0.2, 0.25) is 0 Å². The highest BCUT2D eigenvalue weighted by molar-refractivity contribution is 7.10. The van der Waals surface area contributed by atoms with E-state index in [1.807, 2.05) is 17.5 Å². The Morgan fingerprint density at radius 1 is 1.71 bits per heavy atom. The molecule has 0 saturated carbocycles. The number of methoxy groups -OCH3 is 1. The molecule has 1 aromatic rings. The van der Waals surface area contributed by atoms with Crippen molar-refractivity contribution in [2.24, 2.45) is 0 Å². The second-order valence-electron chi connectivity index (χ2n) is 3.71. The van der Waals surface area contributed by atoms with Crippen LogP contribution in [0.1, 0.15) is 17.5 Å². The van der Waals surface area contributed by atoms with E-state index in [1.165, 1.54) is 7.11 Å². The Morgan fingerprint density at radius 2 is 2.53 bits per heavy atom. The van der Waals surface area contributed by atoms with Crippen molar-refractivity contribution >= 4 is 23.2 Å². The van der Waals surface area contributed by atoms with Gasteiger partial charge in [0, 0.05) is 11.4 Å². The lowest BCUT2D eigenvalue weighted by atomic mass is 10.3. The van der Waals surface area contributed by atoms with Gasteiger partial charge in [-0.15, -0.1) is 11.3 Å². The van der Waals surface area contributed by atoms with E-state index in [-0.39, 0.29) is 24.5 Å². The van der Waals surface area contributed by atoms with Gasteiger partial charge in [-0.3, -0.25) is 14.9 Å². The molecule has 5 nitrogen and oxygen atoms in total. The average molecular weight is 254 g/mol. The van der Waals surface area contributed by atoms with Crippen LogP contribution in [0.25, 0.3) is 0 Å². The molecule has 1 unspecified atom stereocenters. The molecule has 1 aliphatic heterocycles. The second kappa shape index (κ2) is 5.29. The van der Waals surface area contributed by atoms with Crippen molar-refractivity contribution in [3.05, 3.63) is 22.4 Å². The van der Waals surface area contributed by atoms with Crippen LogP contribution in [0.5, 0.6) is 0 Å². The van der Waals surface area contributed by atoms with E-state index in [0.717, 1.165) is 4.88 Å². The molecule has 0 radical (unpaired) electrons.